The topological polar surface area (TPSA) is 24.5 Å². The van der Waals surface area contributed by atoms with Crippen LogP contribution in [0.4, 0.5) is 0 Å². The molecule has 13 heavy (non-hydrogen) atoms. The number of piperidine rings is 1. The van der Waals surface area contributed by atoms with Crippen molar-refractivity contribution in [2.24, 2.45) is 5.92 Å². The van der Waals surface area contributed by atoms with Gasteiger partial charge >= 0.3 is 0 Å². The predicted octanol–water partition coefficient (Wildman–Crippen LogP) is 0.317. The highest BCUT2D eigenvalue weighted by molar-refractivity contribution is 4.80. The van der Waals surface area contributed by atoms with Gasteiger partial charge in [-0.05, 0) is 38.9 Å². The molecule has 2 saturated heterocycles. The Labute approximate surface area is 80.4 Å². The highest BCUT2D eigenvalue weighted by Gasteiger charge is 2.26. The van der Waals surface area contributed by atoms with Gasteiger partial charge in [0.25, 0.3) is 0 Å². The molecule has 0 aliphatic carbocycles. The minimum atomic E-state index is 0.488. The first-order chi connectivity index (χ1) is 6.36. The molecule has 3 heteroatoms. The molecule has 2 aliphatic heterocycles. The summed E-state index contributed by atoms with van der Waals surface area (Å²) in [5.74, 6) is 0.795. The lowest BCUT2D eigenvalue weighted by Gasteiger charge is -2.36. The predicted molar refractivity (Wildman–Crippen MR) is 52.8 cm³/mol. The molecule has 1 atom stereocenters. The molecule has 0 aromatic heterocycles. The summed E-state index contributed by atoms with van der Waals surface area (Å²) >= 11 is 0. The number of hydrogen-bond acceptors (Lipinski definition) is 3. The zero-order valence-corrected chi connectivity index (χ0v) is 8.46. The standard InChI is InChI=1S/C10H20N2O/c1-12-5-2-9(3-6-12)10-8-11-4-7-13-10/h9-11H,2-8H2,1H3. The van der Waals surface area contributed by atoms with Crippen molar-refractivity contribution < 1.29 is 4.74 Å². The summed E-state index contributed by atoms with van der Waals surface area (Å²) in [5, 5.41) is 3.40. The van der Waals surface area contributed by atoms with Crippen molar-refractivity contribution in [1.82, 2.24) is 10.2 Å². The molecule has 2 rings (SSSR count). The summed E-state index contributed by atoms with van der Waals surface area (Å²) in [6.07, 6.45) is 3.11. The van der Waals surface area contributed by atoms with Crippen LogP contribution < -0.4 is 5.32 Å². The Kier molecular flexibility index (Phi) is 3.19. The highest BCUT2D eigenvalue weighted by Crippen LogP contribution is 2.22. The van der Waals surface area contributed by atoms with E-state index < -0.39 is 0 Å². The largest absolute Gasteiger partial charge is 0.375 e. The van der Waals surface area contributed by atoms with Gasteiger partial charge in [0.1, 0.15) is 0 Å². The quantitative estimate of drug-likeness (QED) is 0.635. The van der Waals surface area contributed by atoms with Crippen molar-refractivity contribution >= 4 is 0 Å². The Morgan fingerprint density at radius 3 is 2.69 bits per heavy atom. The first-order valence-corrected chi connectivity index (χ1v) is 5.37. The molecule has 0 amide bonds. The molecule has 76 valence electrons. The lowest BCUT2D eigenvalue weighted by atomic mass is 9.91. The summed E-state index contributed by atoms with van der Waals surface area (Å²) in [5.41, 5.74) is 0. The molecule has 0 spiro atoms. The van der Waals surface area contributed by atoms with E-state index in [9.17, 15) is 0 Å². The van der Waals surface area contributed by atoms with Crippen molar-refractivity contribution in [3.63, 3.8) is 0 Å². The lowest BCUT2D eigenvalue weighted by molar-refractivity contribution is -0.0251. The van der Waals surface area contributed by atoms with Crippen molar-refractivity contribution in [2.45, 2.75) is 18.9 Å². The Morgan fingerprint density at radius 2 is 2.08 bits per heavy atom. The van der Waals surface area contributed by atoms with Crippen LogP contribution in [-0.4, -0.2) is 50.8 Å². The van der Waals surface area contributed by atoms with Gasteiger partial charge in [-0.15, -0.1) is 0 Å². The molecule has 0 saturated carbocycles. The number of nitrogens with one attached hydrogen (secondary N) is 1. The third kappa shape index (κ3) is 2.42. The van der Waals surface area contributed by atoms with E-state index in [4.69, 9.17) is 4.74 Å². The zero-order valence-electron chi connectivity index (χ0n) is 8.46. The summed E-state index contributed by atoms with van der Waals surface area (Å²) in [4.78, 5) is 2.41. The maximum Gasteiger partial charge on any atom is 0.0729 e. The number of rotatable bonds is 1. The van der Waals surface area contributed by atoms with Crippen molar-refractivity contribution in [2.75, 3.05) is 39.8 Å². The number of ether oxygens (including phenoxy) is 1. The molecule has 0 radical (unpaired) electrons. The number of morpholine rings is 1. The van der Waals surface area contributed by atoms with E-state index in [-0.39, 0.29) is 0 Å². The van der Waals surface area contributed by atoms with Crippen molar-refractivity contribution in [1.29, 1.82) is 0 Å². The van der Waals surface area contributed by atoms with Gasteiger partial charge in [0.2, 0.25) is 0 Å². The maximum absolute atomic E-state index is 5.77. The van der Waals surface area contributed by atoms with Crippen LogP contribution in [0.15, 0.2) is 0 Å². The number of hydrogen-bond donors (Lipinski definition) is 1. The van der Waals surface area contributed by atoms with E-state index in [1.54, 1.807) is 0 Å². The summed E-state index contributed by atoms with van der Waals surface area (Å²) in [6.45, 7) is 5.48. The zero-order chi connectivity index (χ0) is 9.10. The monoisotopic (exact) mass is 184 g/mol. The third-order valence-corrected chi connectivity index (χ3v) is 3.25. The molecule has 0 bridgehead atoms. The Balaban J connectivity index is 1.79. The number of likely N-dealkylation sites (tertiary alicyclic amines) is 1. The van der Waals surface area contributed by atoms with E-state index in [1.165, 1.54) is 25.9 Å². The van der Waals surface area contributed by atoms with E-state index in [1.807, 2.05) is 0 Å². The fourth-order valence-corrected chi connectivity index (χ4v) is 2.29. The van der Waals surface area contributed by atoms with Gasteiger partial charge in [-0.2, -0.15) is 0 Å². The van der Waals surface area contributed by atoms with Crippen LogP contribution in [0.2, 0.25) is 0 Å². The Bertz CT molecular complexity index is 149. The maximum atomic E-state index is 5.77. The van der Waals surface area contributed by atoms with Gasteiger partial charge in [-0.25, -0.2) is 0 Å². The van der Waals surface area contributed by atoms with Crippen LogP contribution >= 0.6 is 0 Å². The second-order valence-electron chi connectivity index (χ2n) is 4.25. The smallest absolute Gasteiger partial charge is 0.0729 e. The second-order valence-corrected chi connectivity index (χ2v) is 4.25. The molecular formula is C10H20N2O. The SMILES string of the molecule is CN1CCC(C2CNCCO2)CC1. The Morgan fingerprint density at radius 1 is 1.31 bits per heavy atom. The summed E-state index contributed by atoms with van der Waals surface area (Å²) in [6, 6.07) is 0. The van der Waals surface area contributed by atoms with Crippen LogP contribution in [-0.2, 0) is 4.74 Å². The normalized spacial score (nSPS) is 33.5. The molecule has 1 N–H and O–H groups in total. The third-order valence-electron chi connectivity index (χ3n) is 3.25. The summed E-state index contributed by atoms with van der Waals surface area (Å²) < 4.78 is 5.77. The second kappa shape index (κ2) is 4.40. The van der Waals surface area contributed by atoms with Gasteiger partial charge in [0, 0.05) is 13.1 Å². The minimum Gasteiger partial charge on any atom is -0.375 e. The van der Waals surface area contributed by atoms with E-state index in [0.717, 1.165) is 25.6 Å². The van der Waals surface area contributed by atoms with Gasteiger partial charge in [0.15, 0.2) is 0 Å². The van der Waals surface area contributed by atoms with E-state index >= 15 is 0 Å². The minimum absolute atomic E-state index is 0.488. The average Bonchev–Trinajstić information content (AvgIpc) is 2.20. The van der Waals surface area contributed by atoms with Gasteiger partial charge in [0.05, 0.1) is 12.7 Å². The van der Waals surface area contributed by atoms with Gasteiger partial charge in [-0.3, -0.25) is 0 Å². The molecule has 2 aliphatic rings. The average molecular weight is 184 g/mol. The fourth-order valence-electron chi connectivity index (χ4n) is 2.29. The van der Waals surface area contributed by atoms with E-state index in [0.29, 0.717) is 6.10 Å². The van der Waals surface area contributed by atoms with Crippen LogP contribution in [0.5, 0.6) is 0 Å². The molecule has 3 nitrogen and oxygen atoms in total. The van der Waals surface area contributed by atoms with Crippen LogP contribution in [0.25, 0.3) is 0 Å². The first kappa shape index (κ1) is 9.44. The first-order valence-electron chi connectivity index (χ1n) is 5.37. The van der Waals surface area contributed by atoms with E-state index in [2.05, 4.69) is 17.3 Å². The van der Waals surface area contributed by atoms with Gasteiger partial charge < -0.3 is 15.0 Å². The molecule has 2 fully saturated rings. The Hall–Kier alpha value is -0.120. The molecule has 1 unspecified atom stereocenters. The molecule has 2 heterocycles. The van der Waals surface area contributed by atoms with Crippen LogP contribution in [0, 0.1) is 5.92 Å². The van der Waals surface area contributed by atoms with Crippen molar-refractivity contribution in [3.8, 4) is 0 Å². The molecule has 0 aromatic carbocycles. The highest BCUT2D eigenvalue weighted by atomic mass is 16.5. The van der Waals surface area contributed by atoms with Crippen LogP contribution in [0.3, 0.4) is 0 Å². The molecular weight excluding hydrogens is 164 g/mol. The molecule has 0 aromatic rings. The van der Waals surface area contributed by atoms with Crippen molar-refractivity contribution in [3.05, 3.63) is 0 Å². The van der Waals surface area contributed by atoms with Crippen LogP contribution in [0.1, 0.15) is 12.8 Å². The number of nitrogens with zero attached hydrogens (tertiary/aromatic N) is 1. The summed E-state index contributed by atoms with van der Waals surface area (Å²) in [7, 11) is 2.20. The fraction of sp³-hybridized carbons (Fsp3) is 1.00. The lowest BCUT2D eigenvalue weighted by Crippen LogP contribution is -2.45. The van der Waals surface area contributed by atoms with Gasteiger partial charge in [-0.1, -0.05) is 0 Å².